The van der Waals surface area contributed by atoms with Gasteiger partial charge in [0.05, 0.1) is 0 Å². The smallest absolute Gasteiger partial charge is 0.00601 e. The lowest BCUT2D eigenvalue weighted by Gasteiger charge is -2.15. The molecule has 100 valence electrons. The number of hydrogen-bond donors (Lipinski definition) is 0. The van der Waals surface area contributed by atoms with Gasteiger partial charge in [0.1, 0.15) is 0 Å². The van der Waals surface area contributed by atoms with E-state index >= 15 is 0 Å². The predicted molar refractivity (Wildman–Crippen MR) is 82.7 cm³/mol. The molecule has 0 unspecified atom stereocenters. The maximum atomic E-state index is 2.86. The van der Waals surface area contributed by atoms with Crippen LogP contribution >= 0.6 is 0 Å². The molecular weight excluding hydrogens is 216 g/mol. The van der Waals surface area contributed by atoms with Gasteiger partial charge in [0, 0.05) is 6.42 Å². The fraction of sp³-hybridized carbons (Fsp3) is 0.556. The third-order valence-corrected chi connectivity index (χ3v) is 2.90. The highest BCUT2D eigenvalue weighted by molar-refractivity contribution is 5.19. The van der Waals surface area contributed by atoms with Crippen LogP contribution in [-0.4, -0.2) is 0 Å². The molecule has 0 saturated carbocycles. The highest BCUT2D eigenvalue weighted by Crippen LogP contribution is 2.25. The Bertz CT molecular complexity index is 320. The van der Waals surface area contributed by atoms with Crippen molar-refractivity contribution in [3.05, 3.63) is 35.9 Å². The molecule has 0 aliphatic rings. The maximum Gasteiger partial charge on any atom is 0.00601 e. The quantitative estimate of drug-likeness (QED) is 0.575. The lowest BCUT2D eigenvalue weighted by Crippen LogP contribution is -1.97. The van der Waals surface area contributed by atoms with Crippen molar-refractivity contribution in [3.63, 3.8) is 0 Å². The van der Waals surface area contributed by atoms with Gasteiger partial charge in [-0.25, -0.2) is 0 Å². The number of rotatable bonds is 5. The second-order valence-electron chi connectivity index (χ2n) is 4.47. The van der Waals surface area contributed by atoms with Crippen molar-refractivity contribution in [1.29, 1.82) is 0 Å². The summed E-state index contributed by atoms with van der Waals surface area (Å²) in [4.78, 5) is 0. The van der Waals surface area contributed by atoms with Gasteiger partial charge >= 0.3 is 0 Å². The van der Waals surface area contributed by atoms with Gasteiger partial charge in [0.25, 0.3) is 0 Å². The zero-order valence-electron chi connectivity index (χ0n) is 12.5. The first-order valence-corrected chi connectivity index (χ1v) is 7.24. The molecular formula is C18H28. The molecule has 0 spiro atoms. The fourth-order valence-corrected chi connectivity index (χ4v) is 2.08. The molecule has 0 bridgehead atoms. The van der Waals surface area contributed by atoms with Crippen LogP contribution in [0.4, 0.5) is 0 Å². The van der Waals surface area contributed by atoms with E-state index in [0.29, 0.717) is 0 Å². The first-order valence-electron chi connectivity index (χ1n) is 7.24. The SMILES string of the molecule is CC#CCC.CCCC(CCC)c1ccccc1. The molecule has 0 heteroatoms. The summed E-state index contributed by atoms with van der Waals surface area (Å²) < 4.78 is 0. The fourth-order valence-electron chi connectivity index (χ4n) is 2.08. The second kappa shape index (κ2) is 12.2. The molecule has 0 aromatic heterocycles. The van der Waals surface area contributed by atoms with Crippen molar-refractivity contribution in [1.82, 2.24) is 0 Å². The lowest BCUT2D eigenvalue weighted by atomic mass is 9.91. The van der Waals surface area contributed by atoms with E-state index in [1.165, 1.54) is 31.2 Å². The van der Waals surface area contributed by atoms with Gasteiger partial charge in [-0.15, -0.1) is 11.8 Å². The summed E-state index contributed by atoms with van der Waals surface area (Å²) in [6, 6.07) is 10.9. The molecule has 1 aromatic carbocycles. The van der Waals surface area contributed by atoms with Crippen molar-refractivity contribution in [2.24, 2.45) is 0 Å². The van der Waals surface area contributed by atoms with Crippen molar-refractivity contribution in [2.75, 3.05) is 0 Å². The Kier molecular flexibility index (Phi) is 11.4. The molecule has 1 aromatic rings. The van der Waals surface area contributed by atoms with Crippen molar-refractivity contribution < 1.29 is 0 Å². The summed E-state index contributed by atoms with van der Waals surface area (Å²) in [5, 5.41) is 0. The monoisotopic (exact) mass is 244 g/mol. The van der Waals surface area contributed by atoms with E-state index in [4.69, 9.17) is 0 Å². The van der Waals surface area contributed by atoms with E-state index in [-0.39, 0.29) is 0 Å². The number of benzene rings is 1. The first-order chi connectivity index (χ1) is 8.79. The average molecular weight is 244 g/mol. The van der Waals surface area contributed by atoms with Gasteiger partial charge in [-0.1, -0.05) is 63.9 Å². The Labute approximate surface area is 114 Å². The topological polar surface area (TPSA) is 0 Å². The molecule has 0 heterocycles. The van der Waals surface area contributed by atoms with Crippen LogP contribution in [0, 0.1) is 11.8 Å². The van der Waals surface area contributed by atoms with Crippen LogP contribution in [0.5, 0.6) is 0 Å². The minimum Gasteiger partial charge on any atom is -0.107 e. The second-order valence-corrected chi connectivity index (χ2v) is 4.47. The molecule has 0 nitrogen and oxygen atoms in total. The molecule has 0 atom stereocenters. The predicted octanol–water partition coefficient (Wildman–Crippen LogP) is 5.79. The van der Waals surface area contributed by atoms with E-state index < -0.39 is 0 Å². The molecule has 0 radical (unpaired) electrons. The summed E-state index contributed by atoms with van der Waals surface area (Å²) in [5.74, 6) is 6.42. The van der Waals surface area contributed by atoms with Crippen molar-refractivity contribution in [3.8, 4) is 11.8 Å². The van der Waals surface area contributed by atoms with Crippen LogP contribution in [0.25, 0.3) is 0 Å². The molecule has 0 N–H and O–H groups in total. The van der Waals surface area contributed by atoms with Crippen molar-refractivity contribution >= 4 is 0 Å². The van der Waals surface area contributed by atoms with Gasteiger partial charge < -0.3 is 0 Å². The standard InChI is InChI=1S/C13H20.C5H8/c1-3-8-12(9-4-2)13-10-6-5-7-11-13;1-3-5-4-2/h5-7,10-12H,3-4,8-9H2,1-2H3;3H2,1-2H3. The Balaban J connectivity index is 0.000000494. The van der Waals surface area contributed by atoms with E-state index in [2.05, 4.69) is 56.0 Å². The normalized spacial score (nSPS) is 9.17. The minimum absolute atomic E-state index is 0.788. The zero-order valence-corrected chi connectivity index (χ0v) is 12.5. The van der Waals surface area contributed by atoms with Gasteiger partial charge in [-0.2, -0.15) is 0 Å². The third-order valence-electron chi connectivity index (χ3n) is 2.90. The van der Waals surface area contributed by atoms with Crippen LogP contribution in [0.15, 0.2) is 30.3 Å². The van der Waals surface area contributed by atoms with Crippen LogP contribution in [0.2, 0.25) is 0 Å². The van der Waals surface area contributed by atoms with Gasteiger partial charge in [-0.3, -0.25) is 0 Å². The third kappa shape index (κ3) is 7.96. The highest BCUT2D eigenvalue weighted by Gasteiger charge is 2.07. The molecule has 0 aliphatic carbocycles. The Morgan fingerprint density at radius 1 is 0.944 bits per heavy atom. The minimum atomic E-state index is 0.788. The summed E-state index contributed by atoms with van der Waals surface area (Å²) >= 11 is 0. The van der Waals surface area contributed by atoms with E-state index in [9.17, 15) is 0 Å². The van der Waals surface area contributed by atoms with E-state index in [1.54, 1.807) is 0 Å². The maximum absolute atomic E-state index is 2.86. The lowest BCUT2D eigenvalue weighted by molar-refractivity contribution is 0.561. The molecule has 0 aliphatic heterocycles. The number of hydrogen-bond acceptors (Lipinski definition) is 0. The highest BCUT2D eigenvalue weighted by atomic mass is 14.1. The average Bonchev–Trinajstić information content (AvgIpc) is 2.41. The first kappa shape index (κ1) is 16.8. The van der Waals surface area contributed by atoms with Crippen LogP contribution < -0.4 is 0 Å². The van der Waals surface area contributed by atoms with E-state index in [1.807, 2.05) is 13.8 Å². The molecule has 1 rings (SSSR count). The van der Waals surface area contributed by atoms with Gasteiger partial charge in [0.15, 0.2) is 0 Å². The largest absolute Gasteiger partial charge is 0.107 e. The van der Waals surface area contributed by atoms with Crippen LogP contribution in [0.1, 0.15) is 71.3 Å². The Morgan fingerprint density at radius 3 is 1.83 bits per heavy atom. The van der Waals surface area contributed by atoms with Gasteiger partial charge in [-0.05, 0) is 31.2 Å². The van der Waals surface area contributed by atoms with Crippen molar-refractivity contribution in [2.45, 2.75) is 65.7 Å². The molecule has 18 heavy (non-hydrogen) atoms. The Hall–Kier alpha value is -1.22. The van der Waals surface area contributed by atoms with E-state index in [0.717, 1.165) is 12.3 Å². The molecule has 0 amide bonds. The summed E-state index contributed by atoms with van der Waals surface area (Å²) in [7, 11) is 0. The molecule has 0 fully saturated rings. The van der Waals surface area contributed by atoms with Gasteiger partial charge in [0.2, 0.25) is 0 Å². The summed E-state index contributed by atoms with van der Waals surface area (Å²) in [6.45, 7) is 8.43. The zero-order chi connectivity index (χ0) is 13.6. The Morgan fingerprint density at radius 2 is 1.50 bits per heavy atom. The molecule has 0 saturated heterocycles. The van der Waals surface area contributed by atoms with Crippen LogP contribution in [0.3, 0.4) is 0 Å². The summed E-state index contributed by atoms with van der Waals surface area (Å²) in [5.41, 5.74) is 1.52. The summed E-state index contributed by atoms with van der Waals surface area (Å²) in [6.07, 6.45) is 6.23. The van der Waals surface area contributed by atoms with Crippen LogP contribution in [-0.2, 0) is 0 Å².